The summed E-state index contributed by atoms with van der Waals surface area (Å²) in [6, 6.07) is 6.18. The molecule has 1 aliphatic heterocycles. The molecule has 0 saturated carbocycles. The Bertz CT molecular complexity index is 723. The van der Waals surface area contributed by atoms with Crippen molar-refractivity contribution in [2.75, 3.05) is 0 Å². The van der Waals surface area contributed by atoms with Gasteiger partial charge in [0.1, 0.15) is 0 Å². The minimum absolute atomic E-state index is 0.286. The number of fused-ring (bicyclic) bond motifs is 1. The molecule has 6 heteroatoms. The van der Waals surface area contributed by atoms with E-state index in [1.165, 1.54) is 0 Å². The molecule has 2 aromatic rings. The van der Waals surface area contributed by atoms with Gasteiger partial charge in [0, 0.05) is 18.0 Å². The lowest BCUT2D eigenvalue weighted by Crippen LogP contribution is -2.30. The standard InChI is InChI=1S/C13H16N4O2/c1-6-11(7(2)17-16-6)8-3-4-10-9(5-8)12(18)15-13(19)14-10/h3-7,11,16-17H,1-2H3,(H2,14,15,18,19). The Hall–Kier alpha value is -1.92. The Morgan fingerprint density at radius 3 is 2.37 bits per heavy atom. The Kier molecular flexibility index (Phi) is 2.76. The predicted octanol–water partition coefficient (Wildman–Crippen LogP) is 0.185. The molecular formula is C13H16N4O2. The average molecular weight is 260 g/mol. The molecule has 2 heterocycles. The summed E-state index contributed by atoms with van der Waals surface area (Å²) < 4.78 is 0. The van der Waals surface area contributed by atoms with E-state index in [1.807, 2.05) is 12.1 Å². The van der Waals surface area contributed by atoms with Gasteiger partial charge in [0.15, 0.2) is 0 Å². The second-order valence-electron chi connectivity index (χ2n) is 5.11. The van der Waals surface area contributed by atoms with Crippen LogP contribution in [0.15, 0.2) is 27.8 Å². The van der Waals surface area contributed by atoms with E-state index in [-0.39, 0.29) is 23.6 Å². The highest BCUT2D eigenvalue weighted by atomic mass is 16.2. The normalized spacial score (nSPS) is 26.9. The van der Waals surface area contributed by atoms with Crippen molar-refractivity contribution in [3.63, 3.8) is 0 Å². The summed E-state index contributed by atoms with van der Waals surface area (Å²) in [5.41, 5.74) is 7.22. The molecule has 0 bridgehead atoms. The number of hydrogen-bond acceptors (Lipinski definition) is 4. The zero-order valence-corrected chi connectivity index (χ0v) is 10.8. The van der Waals surface area contributed by atoms with Gasteiger partial charge in [0.25, 0.3) is 5.56 Å². The lowest BCUT2D eigenvalue weighted by Gasteiger charge is -2.18. The summed E-state index contributed by atoms with van der Waals surface area (Å²) in [6.07, 6.45) is 0. The molecule has 0 aliphatic carbocycles. The molecule has 2 atom stereocenters. The number of aromatic amines is 2. The van der Waals surface area contributed by atoms with Crippen molar-refractivity contribution >= 4 is 10.9 Å². The van der Waals surface area contributed by atoms with E-state index in [1.54, 1.807) is 6.07 Å². The largest absolute Gasteiger partial charge is 0.326 e. The van der Waals surface area contributed by atoms with Crippen LogP contribution in [0.4, 0.5) is 0 Å². The minimum atomic E-state index is -0.476. The number of H-pyrrole nitrogens is 2. The van der Waals surface area contributed by atoms with E-state index < -0.39 is 5.69 Å². The van der Waals surface area contributed by atoms with Gasteiger partial charge in [0.2, 0.25) is 0 Å². The maximum absolute atomic E-state index is 11.8. The molecule has 100 valence electrons. The van der Waals surface area contributed by atoms with Crippen LogP contribution in [0.1, 0.15) is 25.3 Å². The van der Waals surface area contributed by atoms with Gasteiger partial charge < -0.3 is 4.98 Å². The third-order valence-corrected chi connectivity index (χ3v) is 3.76. The van der Waals surface area contributed by atoms with Gasteiger partial charge in [-0.1, -0.05) is 6.07 Å². The molecule has 2 unspecified atom stereocenters. The van der Waals surface area contributed by atoms with Gasteiger partial charge in [-0.2, -0.15) is 0 Å². The van der Waals surface area contributed by atoms with Crippen LogP contribution in [0.25, 0.3) is 10.9 Å². The highest BCUT2D eigenvalue weighted by molar-refractivity contribution is 5.78. The van der Waals surface area contributed by atoms with E-state index >= 15 is 0 Å². The Morgan fingerprint density at radius 1 is 1.00 bits per heavy atom. The molecule has 1 aliphatic rings. The first-order chi connectivity index (χ1) is 9.06. The highest BCUT2D eigenvalue weighted by Gasteiger charge is 2.31. The lowest BCUT2D eigenvalue weighted by molar-refractivity contribution is 0.567. The molecular weight excluding hydrogens is 244 g/mol. The third-order valence-electron chi connectivity index (χ3n) is 3.76. The van der Waals surface area contributed by atoms with Crippen LogP contribution in [0, 0.1) is 0 Å². The fraction of sp³-hybridized carbons (Fsp3) is 0.385. The Morgan fingerprint density at radius 2 is 1.68 bits per heavy atom. The average Bonchev–Trinajstić information content (AvgIpc) is 2.69. The van der Waals surface area contributed by atoms with Crippen LogP contribution < -0.4 is 22.1 Å². The maximum Gasteiger partial charge on any atom is 0.326 e. The molecule has 1 fully saturated rings. The molecule has 0 radical (unpaired) electrons. The molecule has 6 nitrogen and oxygen atoms in total. The van der Waals surface area contributed by atoms with Crippen molar-refractivity contribution in [2.45, 2.75) is 31.8 Å². The summed E-state index contributed by atoms with van der Waals surface area (Å²) >= 11 is 0. The predicted molar refractivity (Wildman–Crippen MR) is 73.1 cm³/mol. The number of hydrogen-bond donors (Lipinski definition) is 4. The van der Waals surface area contributed by atoms with E-state index in [0.29, 0.717) is 10.9 Å². The van der Waals surface area contributed by atoms with Crippen molar-refractivity contribution in [1.82, 2.24) is 20.8 Å². The fourth-order valence-corrected chi connectivity index (χ4v) is 2.84. The molecule has 1 saturated heterocycles. The number of hydrazine groups is 1. The van der Waals surface area contributed by atoms with Crippen molar-refractivity contribution in [2.24, 2.45) is 0 Å². The zero-order valence-electron chi connectivity index (χ0n) is 10.8. The van der Waals surface area contributed by atoms with Crippen molar-refractivity contribution in [3.8, 4) is 0 Å². The molecule has 0 spiro atoms. The SMILES string of the molecule is CC1NNC(C)C1c1ccc2[nH]c(=O)[nH]c(=O)c2c1. The van der Waals surface area contributed by atoms with Crippen LogP contribution in [0.2, 0.25) is 0 Å². The zero-order chi connectivity index (χ0) is 13.6. The monoisotopic (exact) mass is 260 g/mol. The van der Waals surface area contributed by atoms with Gasteiger partial charge >= 0.3 is 5.69 Å². The first-order valence-corrected chi connectivity index (χ1v) is 6.33. The second-order valence-corrected chi connectivity index (χ2v) is 5.11. The smallest absolute Gasteiger partial charge is 0.307 e. The summed E-state index contributed by atoms with van der Waals surface area (Å²) in [5, 5.41) is 0.517. The quantitative estimate of drug-likeness (QED) is 0.589. The maximum atomic E-state index is 11.8. The van der Waals surface area contributed by atoms with Crippen molar-refractivity contribution < 1.29 is 0 Å². The number of aromatic nitrogens is 2. The van der Waals surface area contributed by atoms with E-state index in [4.69, 9.17) is 0 Å². The summed E-state index contributed by atoms with van der Waals surface area (Å²) in [6.45, 7) is 4.20. The first kappa shape index (κ1) is 12.1. The van der Waals surface area contributed by atoms with Crippen molar-refractivity contribution in [1.29, 1.82) is 0 Å². The second kappa shape index (κ2) is 4.32. The van der Waals surface area contributed by atoms with E-state index in [2.05, 4.69) is 34.7 Å². The van der Waals surface area contributed by atoms with Crippen LogP contribution in [0.5, 0.6) is 0 Å². The Balaban J connectivity index is 2.17. The highest BCUT2D eigenvalue weighted by Crippen LogP contribution is 2.28. The third kappa shape index (κ3) is 1.98. The van der Waals surface area contributed by atoms with Gasteiger partial charge in [-0.3, -0.25) is 20.6 Å². The van der Waals surface area contributed by atoms with Crippen LogP contribution in [-0.4, -0.2) is 22.1 Å². The first-order valence-electron chi connectivity index (χ1n) is 6.33. The van der Waals surface area contributed by atoms with Gasteiger partial charge in [-0.15, -0.1) is 0 Å². The molecule has 1 aromatic carbocycles. The van der Waals surface area contributed by atoms with E-state index in [9.17, 15) is 9.59 Å². The van der Waals surface area contributed by atoms with Crippen LogP contribution >= 0.6 is 0 Å². The number of benzene rings is 1. The van der Waals surface area contributed by atoms with Gasteiger partial charge in [-0.25, -0.2) is 4.79 Å². The summed E-state index contributed by atoms with van der Waals surface area (Å²) in [4.78, 5) is 27.9. The number of rotatable bonds is 1. The lowest BCUT2D eigenvalue weighted by atomic mass is 9.88. The molecule has 1 aromatic heterocycles. The van der Waals surface area contributed by atoms with E-state index in [0.717, 1.165) is 5.56 Å². The van der Waals surface area contributed by atoms with Crippen LogP contribution in [0.3, 0.4) is 0 Å². The van der Waals surface area contributed by atoms with Gasteiger partial charge in [0.05, 0.1) is 10.9 Å². The fourth-order valence-electron chi connectivity index (χ4n) is 2.84. The molecule has 3 rings (SSSR count). The summed E-state index contributed by atoms with van der Waals surface area (Å²) in [5.74, 6) is 0.288. The molecule has 0 amide bonds. The van der Waals surface area contributed by atoms with Crippen LogP contribution in [-0.2, 0) is 0 Å². The van der Waals surface area contributed by atoms with Crippen molar-refractivity contribution in [3.05, 3.63) is 44.6 Å². The summed E-state index contributed by atoms with van der Waals surface area (Å²) in [7, 11) is 0. The topological polar surface area (TPSA) is 89.8 Å². The number of nitrogens with one attached hydrogen (secondary N) is 4. The molecule has 19 heavy (non-hydrogen) atoms. The minimum Gasteiger partial charge on any atom is -0.307 e. The molecule has 4 N–H and O–H groups in total. The Labute approximate surface area is 109 Å². The van der Waals surface area contributed by atoms with Gasteiger partial charge in [-0.05, 0) is 31.5 Å².